The van der Waals surface area contributed by atoms with Crippen molar-refractivity contribution < 1.29 is 0 Å². The van der Waals surface area contributed by atoms with Crippen molar-refractivity contribution in [2.24, 2.45) is 0 Å². The maximum atomic E-state index is 5.36. The Kier molecular flexibility index (Phi) is 2.79. The maximum Gasteiger partial charge on any atom is 0.181 e. The van der Waals surface area contributed by atoms with E-state index in [0.29, 0.717) is 0 Å². The van der Waals surface area contributed by atoms with Gasteiger partial charge in [0, 0.05) is 38.6 Å². The molecule has 4 nitrogen and oxygen atoms in total. The van der Waals surface area contributed by atoms with Gasteiger partial charge in [0.1, 0.15) is 6.33 Å². The van der Waals surface area contributed by atoms with E-state index in [-0.39, 0.29) is 0 Å². The van der Waals surface area contributed by atoms with Crippen LogP contribution in [-0.2, 0) is 0 Å². The molecule has 0 bridgehead atoms. The van der Waals surface area contributed by atoms with E-state index in [2.05, 4.69) is 21.8 Å². The number of hydrogen-bond acceptors (Lipinski definition) is 3. The molecule has 0 N–H and O–H groups in total. The van der Waals surface area contributed by atoms with Gasteiger partial charge in [-0.3, -0.25) is 4.57 Å². The zero-order valence-electron chi connectivity index (χ0n) is 8.26. The third kappa shape index (κ3) is 1.93. The molecule has 1 fully saturated rings. The highest BCUT2D eigenvalue weighted by Gasteiger charge is 2.16. The lowest BCUT2D eigenvalue weighted by Crippen LogP contribution is -2.48. The number of imidazole rings is 1. The Balaban J connectivity index is 1.99. The first kappa shape index (κ1) is 9.61. The Hall–Kier alpha value is -0.940. The fourth-order valence-electron chi connectivity index (χ4n) is 1.53. The normalized spacial score (nSPS) is 18.5. The number of rotatable bonds is 0. The Bertz CT molecular complexity index is 301. The first-order valence-corrected chi connectivity index (χ1v) is 5.14. The van der Waals surface area contributed by atoms with E-state index >= 15 is 0 Å². The predicted molar refractivity (Wildman–Crippen MR) is 59.3 cm³/mol. The third-order valence-electron chi connectivity index (χ3n) is 2.50. The number of piperazine rings is 1. The molecule has 76 valence electrons. The zero-order valence-corrected chi connectivity index (χ0v) is 9.07. The molecule has 1 aromatic heterocycles. The molecule has 1 aromatic rings. The minimum Gasteiger partial charge on any atom is -0.346 e. The van der Waals surface area contributed by atoms with Crippen molar-refractivity contribution in [3.05, 3.63) is 18.7 Å². The van der Waals surface area contributed by atoms with E-state index in [1.54, 1.807) is 12.5 Å². The standard InChI is InChI=1S/C9H14N4S/c1-11-4-6-12(7-5-11)9(14)13-3-2-10-8-13/h2-3,8H,4-7H2,1H3. The average molecular weight is 210 g/mol. The van der Waals surface area contributed by atoms with Crippen LogP contribution in [0.4, 0.5) is 0 Å². The van der Waals surface area contributed by atoms with Crippen LogP contribution >= 0.6 is 12.2 Å². The molecule has 0 amide bonds. The molecular weight excluding hydrogens is 196 g/mol. The number of hydrogen-bond donors (Lipinski definition) is 0. The summed E-state index contributed by atoms with van der Waals surface area (Å²) in [6, 6.07) is 0. The van der Waals surface area contributed by atoms with Gasteiger partial charge in [-0.25, -0.2) is 4.98 Å². The highest BCUT2D eigenvalue weighted by molar-refractivity contribution is 7.80. The fraction of sp³-hybridized carbons (Fsp3) is 0.556. The highest BCUT2D eigenvalue weighted by Crippen LogP contribution is 2.02. The van der Waals surface area contributed by atoms with E-state index < -0.39 is 0 Å². The molecule has 0 aliphatic carbocycles. The van der Waals surface area contributed by atoms with Crippen LogP contribution in [0.3, 0.4) is 0 Å². The monoisotopic (exact) mass is 210 g/mol. The van der Waals surface area contributed by atoms with E-state index in [9.17, 15) is 0 Å². The fourth-order valence-corrected chi connectivity index (χ4v) is 1.82. The van der Waals surface area contributed by atoms with Gasteiger partial charge in [0.15, 0.2) is 5.11 Å². The van der Waals surface area contributed by atoms with Crippen LogP contribution in [0.5, 0.6) is 0 Å². The molecule has 5 heteroatoms. The quantitative estimate of drug-likeness (QED) is 0.573. The molecule has 0 aromatic carbocycles. The van der Waals surface area contributed by atoms with Crippen LogP contribution in [-0.4, -0.2) is 57.7 Å². The van der Waals surface area contributed by atoms with E-state index in [1.165, 1.54) is 0 Å². The van der Waals surface area contributed by atoms with E-state index in [1.807, 2.05) is 10.8 Å². The van der Waals surface area contributed by atoms with Gasteiger partial charge in [-0.2, -0.15) is 0 Å². The van der Waals surface area contributed by atoms with Crippen LogP contribution in [0.1, 0.15) is 0 Å². The highest BCUT2D eigenvalue weighted by atomic mass is 32.1. The smallest absolute Gasteiger partial charge is 0.181 e. The average Bonchev–Trinajstić information content (AvgIpc) is 2.71. The van der Waals surface area contributed by atoms with Crippen molar-refractivity contribution in [2.75, 3.05) is 33.2 Å². The van der Waals surface area contributed by atoms with Gasteiger partial charge in [-0.05, 0) is 19.3 Å². The minimum absolute atomic E-state index is 0.857. The molecule has 0 spiro atoms. The Morgan fingerprint density at radius 1 is 1.29 bits per heavy atom. The second kappa shape index (κ2) is 4.06. The number of aromatic nitrogens is 2. The largest absolute Gasteiger partial charge is 0.346 e. The summed E-state index contributed by atoms with van der Waals surface area (Å²) in [5.41, 5.74) is 0. The van der Waals surface area contributed by atoms with Crippen molar-refractivity contribution in [2.45, 2.75) is 0 Å². The molecule has 1 aliphatic rings. The minimum atomic E-state index is 0.857. The molecule has 2 rings (SSSR count). The summed E-state index contributed by atoms with van der Waals surface area (Å²) in [5, 5.41) is 0.857. The first-order valence-electron chi connectivity index (χ1n) is 4.73. The maximum absolute atomic E-state index is 5.36. The molecule has 1 saturated heterocycles. The molecule has 0 atom stereocenters. The summed E-state index contributed by atoms with van der Waals surface area (Å²) in [4.78, 5) is 8.52. The summed E-state index contributed by atoms with van der Waals surface area (Å²) in [6.07, 6.45) is 5.39. The Labute approximate surface area is 89.1 Å². The lowest BCUT2D eigenvalue weighted by atomic mass is 10.3. The summed E-state index contributed by atoms with van der Waals surface area (Å²) in [6.45, 7) is 4.17. The Morgan fingerprint density at radius 2 is 2.00 bits per heavy atom. The zero-order chi connectivity index (χ0) is 9.97. The van der Waals surface area contributed by atoms with Crippen molar-refractivity contribution >= 4 is 17.3 Å². The second-order valence-corrected chi connectivity index (χ2v) is 3.91. The van der Waals surface area contributed by atoms with Crippen LogP contribution in [0.15, 0.2) is 18.7 Å². The molecule has 0 saturated carbocycles. The second-order valence-electron chi connectivity index (χ2n) is 3.54. The van der Waals surface area contributed by atoms with Crippen molar-refractivity contribution in [3.63, 3.8) is 0 Å². The molecular formula is C9H14N4S. The molecule has 14 heavy (non-hydrogen) atoms. The molecule has 1 aliphatic heterocycles. The number of thiocarbonyl (C=S) groups is 1. The van der Waals surface area contributed by atoms with Gasteiger partial charge in [-0.15, -0.1) is 0 Å². The van der Waals surface area contributed by atoms with Crippen LogP contribution in [0, 0.1) is 0 Å². The summed E-state index contributed by atoms with van der Waals surface area (Å²) < 4.78 is 1.89. The summed E-state index contributed by atoms with van der Waals surface area (Å²) >= 11 is 5.36. The molecule has 2 heterocycles. The van der Waals surface area contributed by atoms with Crippen molar-refractivity contribution in [3.8, 4) is 0 Å². The topological polar surface area (TPSA) is 24.3 Å². The van der Waals surface area contributed by atoms with Gasteiger partial charge in [0.05, 0.1) is 0 Å². The van der Waals surface area contributed by atoms with Crippen molar-refractivity contribution in [1.29, 1.82) is 0 Å². The van der Waals surface area contributed by atoms with Gasteiger partial charge in [0.25, 0.3) is 0 Å². The van der Waals surface area contributed by atoms with Crippen LogP contribution in [0.2, 0.25) is 0 Å². The van der Waals surface area contributed by atoms with Gasteiger partial charge in [-0.1, -0.05) is 0 Å². The number of likely N-dealkylation sites (N-methyl/N-ethyl adjacent to an activating group) is 1. The van der Waals surface area contributed by atoms with Gasteiger partial charge >= 0.3 is 0 Å². The third-order valence-corrected chi connectivity index (χ3v) is 2.97. The summed E-state index contributed by atoms with van der Waals surface area (Å²) in [7, 11) is 2.14. The van der Waals surface area contributed by atoms with Crippen molar-refractivity contribution in [1.82, 2.24) is 19.4 Å². The summed E-state index contributed by atoms with van der Waals surface area (Å²) in [5.74, 6) is 0. The molecule has 0 unspecified atom stereocenters. The Morgan fingerprint density at radius 3 is 2.57 bits per heavy atom. The van der Waals surface area contributed by atoms with Gasteiger partial charge < -0.3 is 9.80 Å². The molecule has 0 radical (unpaired) electrons. The first-order chi connectivity index (χ1) is 6.77. The lowest BCUT2D eigenvalue weighted by Gasteiger charge is -2.33. The van der Waals surface area contributed by atoms with Gasteiger partial charge in [0.2, 0.25) is 0 Å². The van der Waals surface area contributed by atoms with E-state index in [4.69, 9.17) is 12.2 Å². The SMILES string of the molecule is CN1CCN(C(=S)n2ccnc2)CC1. The number of nitrogens with zero attached hydrogens (tertiary/aromatic N) is 4. The lowest BCUT2D eigenvalue weighted by molar-refractivity contribution is 0.214. The van der Waals surface area contributed by atoms with Crippen LogP contribution < -0.4 is 0 Å². The van der Waals surface area contributed by atoms with Crippen LogP contribution in [0.25, 0.3) is 0 Å². The van der Waals surface area contributed by atoms with E-state index in [0.717, 1.165) is 31.3 Å². The predicted octanol–water partition coefficient (Wildman–Crippen LogP) is 0.263.